The van der Waals surface area contributed by atoms with Gasteiger partial charge in [0.25, 0.3) is 0 Å². The number of thiophene rings is 1. The minimum Gasteiger partial charge on any atom is -0.296 e. The van der Waals surface area contributed by atoms with Crippen molar-refractivity contribution in [1.82, 2.24) is 10.2 Å². The fourth-order valence-electron chi connectivity index (χ4n) is 1.89. The molecule has 0 saturated carbocycles. The first-order valence-electron chi connectivity index (χ1n) is 6.41. The van der Waals surface area contributed by atoms with Crippen LogP contribution in [0.25, 0.3) is 21.8 Å². The van der Waals surface area contributed by atoms with Crippen LogP contribution in [0.3, 0.4) is 0 Å². The van der Waals surface area contributed by atoms with Crippen LogP contribution >= 0.6 is 11.3 Å². The smallest absolute Gasteiger partial charge is 0.296 e. The second kappa shape index (κ2) is 7.79. The Morgan fingerprint density at radius 1 is 1.05 bits per heavy atom. The maximum atomic E-state index is 4.30. The summed E-state index contributed by atoms with van der Waals surface area (Å²) in [5.74, 6) is 0. The van der Waals surface area contributed by atoms with E-state index in [1.165, 1.54) is 10.4 Å². The maximum Gasteiger partial charge on any atom is 2.00 e. The van der Waals surface area contributed by atoms with Gasteiger partial charge in [0, 0.05) is 4.88 Å². The Kier molecular flexibility index (Phi) is 5.76. The second-order valence-corrected chi connectivity index (χ2v) is 5.23. The molecule has 4 aromatic rings. The van der Waals surface area contributed by atoms with E-state index in [0.29, 0.717) is 0 Å². The standard InChI is InChI=1S/C12H9N2S.C5H5.Fe/c1-2-5-9(4-1)10-8-11(14-13-10)12-6-3-7-15-12;1-2-4-5-3-1;/h1-8H,(H,13,14);1-5H;/q2*-1;+2. The van der Waals surface area contributed by atoms with Gasteiger partial charge in [-0.05, 0) is 17.1 Å². The van der Waals surface area contributed by atoms with Crippen LogP contribution in [0.4, 0.5) is 0 Å². The minimum atomic E-state index is 0. The van der Waals surface area contributed by atoms with E-state index in [4.69, 9.17) is 0 Å². The Hall–Kier alpha value is -1.87. The summed E-state index contributed by atoms with van der Waals surface area (Å²) in [6.07, 6.45) is 0. The third-order valence-corrected chi connectivity index (χ3v) is 3.77. The van der Waals surface area contributed by atoms with Crippen molar-refractivity contribution in [2.45, 2.75) is 0 Å². The zero-order valence-electron chi connectivity index (χ0n) is 11.2. The largest absolute Gasteiger partial charge is 2.00 e. The first-order valence-corrected chi connectivity index (χ1v) is 7.29. The molecule has 21 heavy (non-hydrogen) atoms. The molecule has 4 heteroatoms. The molecule has 0 bridgehead atoms. The van der Waals surface area contributed by atoms with E-state index in [-0.39, 0.29) is 17.1 Å². The van der Waals surface area contributed by atoms with Gasteiger partial charge in [0.2, 0.25) is 0 Å². The number of nitrogens with zero attached hydrogens (tertiary/aromatic N) is 1. The van der Waals surface area contributed by atoms with Crippen LogP contribution in [0.2, 0.25) is 0 Å². The van der Waals surface area contributed by atoms with Gasteiger partial charge < -0.3 is 0 Å². The molecule has 0 aliphatic carbocycles. The number of nitrogens with one attached hydrogen (secondary N) is 1. The monoisotopic (exact) mass is 334 g/mol. The fourth-order valence-corrected chi connectivity index (χ4v) is 2.58. The van der Waals surface area contributed by atoms with E-state index in [9.17, 15) is 0 Å². The van der Waals surface area contributed by atoms with Crippen LogP contribution in [0.1, 0.15) is 0 Å². The number of aromatic nitrogens is 2. The first-order chi connectivity index (χ1) is 9.93. The van der Waals surface area contributed by atoms with Crippen molar-refractivity contribution >= 4 is 11.3 Å². The van der Waals surface area contributed by atoms with Crippen molar-refractivity contribution in [3.05, 3.63) is 78.2 Å². The van der Waals surface area contributed by atoms with Crippen LogP contribution in [0.15, 0.2) is 78.2 Å². The summed E-state index contributed by atoms with van der Waals surface area (Å²) >= 11 is 1.70. The molecule has 4 rings (SSSR count). The summed E-state index contributed by atoms with van der Waals surface area (Å²) in [6.45, 7) is 0. The quantitative estimate of drug-likeness (QED) is 0.409. The van der Waals surface area contributed by atoms with Gasteiger partial charge in [-0.2, -0.15) is 35.4 Å². The first kappa shape index (κ1) is 15.5. The molecular formula is C17H14FeN2S. The van der Waals surface area contributed by atoms with Crippen LogP contribution in [-0.4, -0.2) is 10.2 Å². The van der Waals surface area contributed by atoms with Crippen LogP contribution in [0.5, 0.6) is 0 Å². The van der Waals surface area contributed by atoms with Gasteiger partial charge in [0.1, 0.15) is 0 Å². The summed E-state index contributed by atoms with van der Waals surface area (Å²) in [6, 6.07) is 24.4. The van der Waals surface area contributed by atoms with Crippen molar-refractivity contribution in [2.24, 2.45) is 0 Å². The van der Waals surface area contributed by atoms with Crippen molar-refractivity contribution < 1.29 is 17.1 Å². The van der Waals surface area contributed by atoms with Gasteiger partial charge >= 0.3 is 17.1 Å². The maximum absolute atomic E-state index is 4.30. The summed E-state index contributed by atoms with van der Waals surface area (Å²) < 4.78 is 0. The third kappa shape index (κ3) is 4.05. The molecule has 2 heterocycles. The summed E-state index contributed by atoms with van der Waals surface area (Å²) in [4.78, 5) is 1.20. The normalized spacial score (nSPS) is 9.52. The Bertz CT molecular complexity index is 641. The van der Waals surface area contributed by atoms with Gasteiger partial charge in [-0.25, -0.2) is 12.1 Å². The fraction of sp³-hybridized carbons (Fsp3) is 0. The van der Waals surface area contributed by atoms with Gasteiger partial charge in [0.05, 0.1) is 5.69 Å². The number of rotatable bonds is 2. The Labute approximate surface area is 138 Å². The molecule has 0 unspecified atom stereocenters. The molecule has 0 aliphatic rings. The molecule has 0 aliphatic heterocycles. The van der Waals surface area contributed by atoms with E-state index in [1.54, 1.807) is 11.3 Å². The van der Waals surface area contributed by atoms with E-state index in [2.05, 4.69) is 39.8 Å². The Balaban J connectivity index is 0.000000231. The Morgan fingerprint density at radius 2 is 1.81 bits per heavy atom. The molecule has 0 fully saturated rings. The number of hydrogen-bond acceptors (Lipinski definition) is 2. The molecule has 0 saturated heterocycles. The number of H-pyrrole nitrogens is 1. The molecule has 2 aromatic carbocycles. The molecule has 0 amide bonds. The molecule has 106 valence electrons. The van der Waals surface area contributed by atoms with Crippen LogP contribution in [0, 0.1) is 0 Å². The van der Waals surface area contributed by atoms with Crippen LogP contribution in [-0.2, 0) is 17.1 Å². The number of hydrogen-bond donors (Lipinski definition) is 1. The van der Waals surface area contributed by atoms with E-state index < -0.39 is 0 Å². The zero-order chi connectivity index (χ0) is 13.6. The minimum absolute atomic E-state index is 0. The second-order valence-electron chi connectivity index (χ2n) is 4.28. The van der Waals surface area contributed by atoms with Gasteiger partial charge in [-0.3, -0.25) is 5.10 Å². The van der Waals surface area contributed by atoms with E-state index in [0.717, 1.165) is 11.4 Å². The van der Waals surface area contributed by atoms with E-state index >= 15 is 0 Å². The van der Waals surface area contributed by atoms with Crippen molar-refractivity contribution in [3.63, 3.8) is 0 Å². The molecule has 2 aromatic heterocycles. The molecule has 1 N–H and O–H groups in total. The SMILES string of the molecule is [Fe+2].c1cc[cH-]c1.c1csc(-c2cc(-[c-]3cccc3)[nH]n2)c1. The predicted octanol–water partition coefficient (Wildman–Crippen LogP) is 4.93. The van der Waals surface area contributed by atoms with Gasteiger partial charge in [0.15, 0.2) is 0 Å². The zero-order valence-corrected chi connectivity index (χ0v) is 13.1. The number of aromatic amines is 1. The van der Waals surface area contributed by atoms with Crippen LogP contribution < -0.4 is 0 Å². The molecule has 0 spiro atoms. The van der Waals surface area contributed by atoms with Crippen molar-refractivity contribution in [2.75, 3.05) is 0 Å². The summed E-state index contributed by atoms with van der Waals surface area (Å²) in [7, 11) is 0. The molecule has 0 radical (unpaired) electrons. The van der Waals surface area contributed by atoms with Gasteiger partial charge in [-0.1, -0.05) is 17.7 Å². The average molecular weight is 334 g/mol. The van der Waals surface area contributed by atoms with E-state index in [1.807, 2.05) is 48.5 Å². The predicted molar refractivity (Wildman–Crippen MR) is 85.0 cm³/mol. The molecule has 2 nitrogen and oxygen atoms in total. The van der Waals surface area contributed by atoms with Gasteiger partial charge in [-0.15, -0.1) is 23.5 Å². The molecule has 0 atom stereocenters. The van der Waals surface area contributed by atoms with Crippen molar-refractivity contribution in [3.8, 4) is 21.8 Å². The summed E-state index contributed by atoms with van der Waals surface area (Å²) in [5, 5.41) is 9.41. The Morgan fingerprint density at radius 3 is 2.38 bits per heavy atom. The average Bonchev–Trinajstić information content (AvgIpc) is 3.29. The summed E-state index contributed by atoms with van der Waals surface area (Å²) in [5.41, 5.74) is 3.27. The van der Waals surface area contributed by atoms with Crippen molar-refractivity contribution in [1.29, 1.82) is 0 Å². The third-order valence-electron chi connectivity index (χ3n) is 2.88. The molecular weight excluding hydrogens is 320 g/mol. The topological polar surface area (TPSA) is 28.7 Å².